The van der Waals surface area contributed by atoms with E-state index in [4.69, 9.17) is 5.11 Å². The molecule has 0 unspecified atom stereocenters. The van der Waals surface area contributed by atoms with E-state index in [2.05, 4.69) is 10.1 Å². The maximum Gasteiger partial charge on any atom is 0.309 e. The molecule has 0 aromatic carbocycles. The molecule has 0 atom stereocenters. The van der Waals surface area contributed by atoms with Crippen LogP contribution < -0.4 is 0 Å². The predicted molar refractivity (Wildman–Crippen MR) is 57.4 cm³/mol. The minimum absolute atomic E-state index is 0.0706. The first-order valence-electron chi connectivity index (χ1n) is 4.85. The van der Waals surface area contributed by atoms with Gasteiger partial charge in [-0.2, -0.15) is 5.10 Å². The molecule has 0 aliphatic carbocycles. The van der Waals surface area contributed by atoms with Crippen LogP contribution in [0.3, 0.4) is 0 Å². The molecule has 0 aliphatic rings. The summed E-state index contributed by atoms with van der Waals surface area (Å²) in [6.07, 6.45) is 1.64. The van der Waals surface area contributed by atoms with Gasteiger partial charge < -0.3 is 5.11 Å². The first kappa shape index (κ1) is 10.4. The molecular weight excluding hydrogens is 206 g/mol. The van der Waals surface area contributed by atoms with Crippen molar-refractivity contribution in [3.05, 3.63) is 41.9 Å². The van der Waals surface area contributed by atoms with Crippen LogP contribution in [0.2, 0.25) is 0 Å². The first-order chi connectivity index (χ1) is 7.65. The van der Waals surface area contributed by atoms with Crippen molar-refractivity contribution in [2.24, 2.45) is 0 Å². The number of aromatic nitrogens is 3. The fourth-order valence-electron chi connectivity index (χ4n) is 1.39. The number of rotatable bonds is 3. The summed E-state index contributed by atoms with van der Waals surface area (Å²) in [7, 11) is 0. The van der Waals surface area contributed by atoms with E-state index in [1.54, 1.807) is 16.9 Å². The van der Waals surface area contributed by atoms with Crippen LogP contribution in [0.15, 0.2) is 30.5 Å². The van der Waals surface area contributed by atoms with E-state index in [1.165, 1.54) is 0 Å². The van der Waals surface area contributed by atoms with Gasteiger partial charge in [0.25, 0.3) is 0 Å². The SMILES string of the molecule is Cc1cccc(-n2ccc(CC(=O)O)n2)n1. The monoisotopic (exact) mass is 217 g/mol. The van der Waals surface area contributed by atoms with Gasteiger partial charge in [-0.1, -0.05) is 6.07 Å². The van der Waals surface area contributed by atoms with Gasteiger partial charge in [0.15, 0.2) is 5.82 Å². The number of hydrogen-bond donors (Lipinski definition) is 1. The highest BCUT2D eigenvalue weighted by Gasteiger charge is 2.05. The van der Waals surface area contributed by atoms with Crippen LogP contribution in [0.1, 0.15) is 11.4 Å². The van der Waals surface area contributed by atoms with Crippen molar-refractivity contribution in [3.8, 4) is 5.82 Å². The second kappa shape index (κ2) is 4.14. The quantitative estimate of drug-likeness (QED) is 0.838. The summed E-state index contributed by atoms with van der Waals surface area (Å²) in [5, 5.41) is 12.8. The Hall–Kier alpha value is -2.17. The molecule has 0 aliphatic heterocycles. The summed E-state index contributed by atoms with van der Waals surface area (Å²) < 4.78 is 1.57. The number of carbonyl (C=O) groups is 1. The maximum absolute atomic E-state index is 10.5. The van der Waals surface area contributed by atoms with Gasteiger partial charge in [0.2, 0.25) is 0 Å². The number of pyridine rings is 1. The maximum atomic E-state index is 10.5. The summed E-state index contributed by atoms with van der Waals surface area (Å²) >= 11 is 0. The minimum Gasteiger partial charge on any atom is -0.481 e. The molecule has 2 rings (SSSR count). The smallest absolute Gasteiger partial charge is 0.309 e. The van der Waals surface area contributed by atoms with Crippen LogP contribution in [0.4, 0.5) is 0 Å². The Morgan fingerprint density at radius 1 is 1.44 bits per heavy atom. The molecule has 82 valence electrons. The van der Waals surface area contributed by atoms with Crippen LogP contribution in [0.25, 0.3) is 5.82 Å². The van der Waals surface area contributed by atoms with Crippen LogP contribution >= 0.6 is 0 Å². The van der Waals surface area contributed by atoms with E-state index in [0.717, 1.165) is 5.69 Å². The Labute approximate surface area is 92.4 Å². The molecule has 5 heteroatoms. The number of carboxylic acids is 1. The Morgan fingerprint density at radius 2 is 2.25 bits per heavy atom. The topological polar surface area (TPSA) is 68.0 Å². The third kappa shape index (κ3) is 2.25. The van der Waals surface area contributed by atoms with Gasteiger partial charge >= 0.3 is 5.97 Å². The van der Waals surface area contributed by atoms with Crippen LogP contribution in [0.5, 0.6) is 0 Å². The zero-order valence-corrected chi connectivity index (χ0v) is 8.79. The second-order valence-electron chi connectivity index (χ2n) is 3.46. The molecule has 2 aromatic heterocycles. The minimum atomic E-state index is -0.887. The standard InChI is InChI=1S/C11H11N3O2/c1-8-3-2-4-10(12-8)14-6-5-9(13-14)7-11(15)16/h2-6H,7H2,1H3,(H,15,16). The molecule has 0 bridgehead atoms. The Kier molecular flexibility index (Phi) is 2.68. The molecule has 0 saturated heterocycles. The predicted octanol–water partition coefficient (Wildman–Crippen LogP) is 1.20. The van der Waals surface area contributed by atoms with Gasteiger partial charge in [0, 0.05) is 11.9 Å². The van der Waals surface area contributed by atoms with Crippen molar-refractivity contribution < 1.29 is 9.90 Å². The summed E-state index contributed by atoms with van der Waals surface area (Å²) in [5.74, 6) is -0.195. The van der Waals surface area contributed by atoms with Crippen LogP contribution in [-0.4, -0.2) is 25.8 Å². The molecule has 0 saturated carbocycles. The molecular formula is C11H11N3O2. The van der Waals surface area contributed by atoms with Crippen molar-refractivity contribution in [1.29, 1.82) is 0 Å². The van der Waals surface area contributed by atoms with Gasteiger partial charge in [0.05, 0.1) is 12.1 Å². The van der Waals surface area contributed by atoms with E-state index in [0.29, 0.717) is 11.5 Å². The number of aryl methyl sites for hydroxylation is 1. The van der Waals surface area contributed by atoms with E-state index < -0.39 is 5.97 Å². The van der Waals surface area contributed by atoms with Gasteiger partial charge in [-0.25, -0.2) is 9.67 Å². The molecule has 16 heavy (non-hydrogen) atoms. The Balaban J connectivity index is 2.28. The summed E-state index contributed by atoms with van der Waals surface area (Å²) in [6.45, 7) is 1.89. The molecule has 0 fully saturated rings. The lowest BCUT2D eigenvalue weighted by atomic mass is 10.3. The number of aliphatic carboxylic acids is 1. The molecule has 5 nitrogen and oxygen atoms in total. The zero-order valence-electron chi connectivity index (χ0n) is 8.79. The third-order valence-electron chi connectivity index (χ3n) is 2.09. The van der Waals surface area contributed by atoms with Crippen molar-refractivity contribution in [3.63, 3.8) is 0 Å². The van der Waals surface area contributed by atoms with E-state index >= 15 is 0 Å². The first-order valence-corrected chi connectivity index (χ1v) is 4.85. The Morgan fingerprint density at radius 3 is 2.94 bits per heavy atom. The van der Waals surface area contributed by atoms with E-state index in [9.17, 15) is 4.79 Å². The highest BCUT2D eigenvalue weighted by atomic mass is 16.4. The zero-order chi connectivity index (χ0) is 11.5. The van der Waals surface area contributed by atoms with Crippen molar-refractivity contribution in [2.75, 3.05) is 0 Å². The van der Waals surface area contributed by atoms with Crippen LogP contribution in [-0.2, 0) is 11.2 Å². The molecule has 0 amide bonds. The lowest BCUT2D eigenvalue weighted by molar-refractivity contribution is -0.136. The molecule has 1 N–H and O–H groups in total. The fourth-order valence-corrected chi connectivity index (χ4v) is 1.39. The molecule has 2 aromatic rings. The Bertz CT molecular complexity index is 519. The van der Waals surface area contributed by atoms with Gasteiger partial charge in [0.1, 0.15) is 0 Å². The van der Waals surface area contributed by atoms with Gasteiger partial charge in [-0.05, 0) is 25.1 Å². The lowest BCUT2D eigenvalue weighted by Gasteiger charge is -2.00. The van der Waals surface area contributed by atoms with E-state index in [1.807, 2.05) is 25.1 Å². The largest absolute Gasteiger partial charge is 0.481 e. The van der Waals surface area contributed by atoms with Gasteiger partial charge in [-0.15, -0.1) is 0 Å². The van der Waals surface area contributed by atoms with Crippen molar-refractivity contribution >= 4 is 5.97 Å². The molecule has 0 radical (unpaired) electrons. The van der Waals surface area contributed by atoms with Crippen LogP contribution in [0, 0.1) is 6.92 Å². The number of hydrogen-bond acceptors (Lipinski definition) is 3. The summed E-state index contributed by atoms with van der Waals surface area (Å²) in [6, 6.07) is 7.28. The van der Waals surface area contributed by atoms with E-state index in [-0.39, 0.29) is 6.42 Å². The summed E-state index contributed by atoms with van der Waals surface area (Å²) in [5.41, 5.74) is 1.42. The second-order valence-corrected chi connectivity index (χ2v) is 3.46. The van der Waals surface area contributed by atoms with Crippen molar-refractivity contribution in [1.82, 2.24) is 14.8 Å². The number of carboxylic acid groups (broad SMARTS) is 1. The average Bonchev–Trinajstić information content (AvgIpc) is 2.65. The highest BCUT2D eigenvalue weighted by molar-refractivity contribution is 5.69. The normalized spacial score (nSPS) is 10.3. The molecule has 0 spiro atoms. The summed E-state index contributed by atoms with van der Waals surface area (Å²) in [4.78, 5) is 14.8. The number of nitrogens with zero attached hydrogens (tertiary/aromatic N) is 3. The average molecular weight is 217 g/mol. The molecule has 2 heterocycles. The fraction of sp³-hybridized carbons (Fsp3) is 0.182. The highest BCUT2D eigenvalue weighted by Crippen LogP contribution is 2.06. The lowest BCUT2D eigenvalue weighted by Crippen LogP contribution is -2.03. The van der Waals surface area contributed by atoms with Crippen molar-refractivity contribution in [2.45, 2.75) is 13.3 Å². The third-order valence-corrected chi connectivity index (χ3v) is 2.09. The van der Waals surface area contributed by atoms with Gasteiger partial charge in [-0.3, -0.25) is 4.79 Å².